The van der Waals surface area contributed by atoms with Crippen LogP contribution in [0.1, 0.15) is 123 Å². The van der Waals surface area contributed by atoms with Gasteiger partial charge in [0.25, 0.3) is 0 Å². The van der Waals surface area contributed by atoms with Crippen LogP contribution in [0, 0.1) is 0 Å². The predicted octanol–water partition coefficient (Wildman–Crippen LogP) is 4.99. The van der Waals surface area contributed by atoms with Gasteiger partial charge < -0.3 is 40.3 Å². The average molecular weight is 626 g/mol. The third-order valence-electron chi connectivity index (χ3n) is 7.95. The lowest BCUT2D eigenvalue weighted by atomic mass is 9.99. The minimum atomic E-state index is -1.57. The Labute approximate surface area is 266 Å². The zero-order chi connectivity index (χ0) is 32.4. The second-order valence-corrected chi connectivity index (χ2v) is 11.9. The van der Waals surface area contributed by atoms with Crippen LogP contribution < -0.4 is 5.32 Å². The van der Waals surface area contributed by atoms with Crippen molar-refractivity contribution >= 4 is 5.91 Å². The Morgan fingerprint density at radius 1 is 0.750 bits per heavy atom. The molecule has 0 aliphatic carbocycles. The highest BCUT2D eigenvalue weighted by Gasteiger charge is 2.44. The lowest BCUT2D eigenvalue weighted by molar-refractivity contribution is -0.302. The van der Waals surface area contributed by atoms with Crippen molar-refractivity contribution in [3.63, 3.8) is 0 Å². The lowest BCUT2D eigenvalue weighted by Gasteiger charge is -2.40. The highest BCUT2D eigenvalue weighted by Crippen LogP contribution is 2.22. The van der Waals surface area contributed by atoms with Crippen LogP contribution in [0.5, 0.6) is 0 Å². The van der Waals surface area contributed by atoms with E-state index in [9.17, 15) is 30.3 Å². The van der Waals surface area contributed by atoms with Crippen molar-refractivity contribution in [2.75, 3.05) is 13.2 Å². The first-order chi connectivity index (χ1) is 21.3. The van der Waals surface area contributed by atoms with Crippen molar-refractivity contribution in [2.24, 2.45) is 0 Å². The fraction of sp³-hybridized carbons (Fsp3) is 0.800. The molecule has 0 aromatic rings. The Bertz CT molecular complexity index is 787. The summed E-state index contributed by atoms with van der Waals surface area (Å²) in [4.78, 5) is 12.4. The highest BCUT2D eigenvalue weighted by atomic mass is 16.7. The van der Waals surface area contributed by atoms with Gasteiger partial charge in [-0.15, -0.1) is 0 Å². The minimum absolute atomic E-state index is 0.210. The number of ether oxygens (including phenoxy) is 2. The molecule has 1 rings (SSSR count). The van der Waals surface area contributed by atoms with Crippen LogP contribution in [-0.4, -0.2) is 87.5 Å². The van der Waals surface area contributed by atoms with Crippen LogP contribution >= 0.6 is 0 Å². The fourth-order valence-electron chi connectivity index (χ4n) is 5.04. The van der Waals surface area contributed by atoms with Crippen LogP contribution in [0.4, 0.5) is 0 Å². The Morgan fingerprint density at radius 2 is 1.30 bits per heavy atom. The van der Waals surface area contributed by atoms with Gasteiger partial charge in [0, 0.05) is 6.42 Å². The Balaban J connectivity index is 2.34. The van der Waals surface area contributed by atoms with Crippen molar-refractivity contribution in [3.05, 3.63) is 36.5 Å². The summed E-state index contributed by atoms with van der Waals surface area (Å²) < 4.78 is 11.0. The molecule has 7 atom stereocenters. The third-order valence-corrected chi connectivity index (χ3v) is 7.95. The molecular weight excluding hydrogens is 562 g/mol. The molecule has 0 spiro atoms. The van der Waals surface area contributed by atoms with Crippen LogP contribution in [0.2, 0.25) is 0 Å². The summed E-state index contributed by atoms with van der Waals surface area (Å²) in [5, 5.41) is 53.1. The molecule has 44 heavy (non-hydrogen) atoms. The first kappa shape index (κ1) is 40.4. The number of aliphatic hydroxyl groups excluding tert-OH is 5. The van der Waals surface area contributed by atoms with Gasteiger partial charge in [-0.3, -0.25) is 4.79 Å². The standard InChI is InChI=1S/C35H63NO8/c1-3-5-7-8-9-10-11-12-13-14-15-16-17-18-19-20-21-22-23-24-29(38)28(36-31(39)25-6-4-2)27-43-35-34(42)33(41)32(40)30(26-37)44-35/h15-16,19-20,23-24,28-30,32-35,37-38,40-42H,3-14,17-18,21-22,25-27H2,1-2H3,(H,36,39)/b16-15+,20-19+,24-23+. The number of rotatable bonds is 26. The first-order valence-electron chi connectivity index (χ1n) is 17.2. The minimum Gasteiger partial charge on any atom is -0.394 e. The number of amides is 1. The van der Waals surface area contributed by atoms with Gasteiger partial charge >= 0.3 is 0 Å². The zero-order valence-corrected chi connectivity index (χ0v) is 27.4. The van der Waals surface area contributed by atoms with Gasteiger partial charge in [0.2, 0.25) is 5.91 Å². The largest absolute Gasteiger partial charge is 0.394 e. The summed E-state index contributed by atoms with van der Waals surface area (Å²) >= 11 is 0. The first-order valence-corrected chi connectivity index (χ1v) is 17.2. The summed E-state index contributed by atoms with van der Waals surface area (Å²) in [6, 6.07) is -0.819. The second kappa shape index (κ2) is 26.6. The Hall–Kier alpha value is -1.59. The Morgan fingerprint density at radius 3 is 1.89 bits per heavy atom. The maximum atomic E-state index is 12.4. The van der Waals surface area contributed by atoms with Crippen molar-refractivity contribution in [1.29, 1.82) is 0 Å². The van der Waals surface area contributed by atoms with E-state index in [2.05, 4.69) is 36.5 Å². The number of unbranched alkanes of at least 4 members (excludes halogenated alkanes) is 12. The molecule has 9 nitrogen and oxygen atoms in total. The molecular formula is C35H63NO8. The lowest BCUT2D eigenvalue weighted by Crippen LogP contribution is -2.60. The molecule has 1 amide bonds. The van der Waals surface area contributed by atoms with Crippen LogP contribution in [0.3, 0.4) is 0 Å². The fourth-order valence-corrected chi connectivity index (χ4v) is 5.04. The van der Waals surface area contributed by atoms with Crippen molar-refractivity contribution in [2.45, 2.75) is 166 Å². The number of aliphatic hydroxyl groups is 5. The van der Waals surface area contributed by atoms with Gasteiger partial charge in [0.15, 0.2) is 6.29 Å². The van der Waals surface area contributed by atoms with Crippen LogP contribution in [0.25, 0.3) is 0 Å². The number of allylic oxidation sites excluding steroid dienone is 5. The SMILES string of the molecule is CCCCCCCCCCC/C=C/CC/C=C/CC/C=C/C(O)C(COC1OC(CO)C(O)C(O)C1O)NC(=O)CCCC. The van der Waals surface area contributed by atoms with E-state index in [4.69, 9.17) is 9.47 Å². The molecule has 9 heteroatoms. The van der Waals surface area contributed by atoms with E-state index in [1.807, 2.05) is 13.0 Å². The molecule has 1 aliphatic heterocycles. The smallest absolute Gasteiger partial charge is 0.220 e. The molecule has 0 saturated carbocycles. The molecule has 0 radical (unpaired) electrons. The van der Waals surface area contributed by atoms with Gasteiger partial charge in [0.1, 0.15) is 24.4 Å². The summed E-state index contributed by atoms with van der Waals surface area (Å²) in [7, 11) is 0. The van der Waals surface area contributed by atoms with Gasteiger partial charge in [-0.05, 0) is 44.9 Å². The van der Waals surface area contributed by atoms with Crippen molar-refractivity contribution < 1.29 is 39.8 Å². The molecule has 0 aromatic heterocycles. The van der Waals surface area contributed by atoms with E-state index in [0.717, 1.165) is 32.1 Å². The van der Waals surface area contributed by atoms with Gasteiger partial charge in [0.05, 0.1) is 25.4 Å². The maximum Gasteiger partial charge on any atom is 0.220 e. The molecule has 256 valence electrons. The van der Waals surface area contributed by atoms with Crippen molar-refractivity contribution in [3.8, 4) is 0 Å². The van der Waals surface area contributed by atoms with E-state index in [-0.39, 0.29) is 12.5 Å². The molecule has 0 aromatic carbocycles. The summed E-state index contributed by atoms with van der Waals surface area (Å²) in [5.74, 6) is -0.230. The molecule has 7 unspecified atom stereocenters. The van der Waals surface area contributed by atoms with Crippen molar-refractivity contribution in [1.82, 2.24) is 5.32 Å². The van der Waals surface area contributed by atoms with Gasteiger partial charge in [-0.2, -0.15) is 0 Å². The summed E-state index contributed by atoms with van der Waals surface area (Å²) in [5.41, 5.74) is 0. The molecule has 1 fully saturated rings. The molecule has 1 aliphatic rings. The van der Waals surface area contributed by atoms with Gasteiger partial charge in [-0.1, -0.05) is 108 Å². The molecule has 6 N–H and O–H groups in total. The predicted molar refractivity (Wildman–Crippen MR) is 175 cm³/mol. The maximum absolute atomic E-state index is 12.4. The summed E-state index contributed by atoms with van der Waals surface area (Å²) in [6.45, 7) is 3.46. The number of hydrogen-bond acceptors (Lipinski definition) is 8. The van der Waals surface area contributed by atoms with E-state index < -0.39 is 49.5 Å². The quantitative estimate of drug-likeness (QED) is 0.0582. The molecule has 1 heterocycles. The zero-order valence-electron chi connectivity index (χ0n) is 27.4. The van der Waals surface area contributed by atoms with E-state index in [0.29, 0.717) is 12.8 Å². The van der Waals surface area contributed by atoms with Crippen LogP contribution in [0.15, 0.2) is 36.5 Å². The normalized spacial score (nSPS) is 24.0. The van der Waals surface area contributed by atoms with Crippen LogP contribution in [-0.2, 0) is 14.3 Å². The summed E-state index contributed by atoms with van der Waals surface area (Å²) in [6.07, 6.45) is 23.1. The average Bonchev–Trinajstić information content (AvgIpc) is 3.02. The monoisotopic (exact) mass is 625 g/mol. The van der Waals surface area contributed by atoms with E-state index in [1.165, 1.54) is 64.2 Å². The Kier molecular flexibility index (Phi) is 24.5. The number of hydrogen-bond donors (Lipinski definition) is 6. The topological polar surface area (TPSA) is 149 Å². The van der Waals surface area contributed by atoms with E-state index >= 15 is 0 Å². The van der Waals surface area contributed by atoms with E-state index in [1.54, 1.807) is 6.08 Å². The highest BCUT2D eigenvalue weighted by molar-refractivity contribution is 5.76. The molecule has 0 bridgehead atoms. The number of carbonyl (C=O) groups excluding carboxylic acids is 1. The third kappa shape index (κ3) is 18.4. The number of nitrogens with one attached hydrogen (secondary N) is 1. The number of carbonyl (C=O) groups is 1. The molecule has 1 saturated heterocycles. The second-order valence-electron chi connectivity index (χ2n) is 11.9. The van der Waals surface area contributed by atoms with Gasteiger partial charge in [-0.25, -0.2) is 0 Å².